The van der Waals surface area contributed by atoms with Gasteiger partial charge in [-0.1, -0.05) is 6.58 Å². The number of nitrogen functional groups attached to an aromatic ring is 1. The van der Waals surface area contributed by atoms with Crippen LogP contribution >= 0.6 is 0 Å². The third kappa shape index (κ3) is 2.78. The molecule has 0 aliphatic carbocycles. The number of halogens is 1. The van der Waals surface area contributed by atoms with Crippen LogP contribution in [-0.2, 0) is 0 Å². The van der Waals surface area contributed by atoms with Crippen LogP contribution in [0.5, 0.6) is 5.75 Å². The molecule has 13 heavy (non-hydrogen) atoms. The van der Waals surface area contributed by atoms with Crippen molar-refractivity contribution in [3.05, 3.63) is 36.2 Å². The zero-order valence-electron chi connectivity index (χ0n) is 7.51. The minimum Gasteiger partial charge on any atom is -0.489 e. The summed E-state index contributed by atoms with van der Waals surface area (Å²) in [5, 5.41) is 0. The predicted octanol–water partition coefficient (Wildman–Crippen LogP) is 2.36. The lowest BCUT2D eigenvalue weighted by molar-refractivity contribution is 0.350. The molecule has 0 heterocycles. The zero-order chi connectivity index (χ0) is 9.84. The standard InChI is InChI=1S/C10H12FNO/c1-7(2)6-13-8-3-4-10(12)9(11)5-8/h3-5H,1,6,12H2,2H3. The first-order valence-electron chi connectivity index (χ1n) is 3.92. The Kier molecular flexibility index (Phi) is 2.90. The summed E-state index contributed by atoms with van der Waals surface area (Å²) in [4.78, 5) is 0. The summed E-state index contributed by atoms with van der Waals surface area (Å²) in [7, 11) is 0. The van der Waals surface area contributed by atoms with E-state index < -0.39 is 5.82 Å². The van der Waals surface area contributed by atoms with Gasteiger partial charge in [-0.3, -0.25) is 0 Å². The molecular weight excluding hydrogens is 169 g/mol. The van der Waals surface area contributed by atoms with E-state index in [9.17, 15) is 4.39 Å². The Hall–Kier alpha value is -1.51. The molecule has 70 valence electrons. The number of nitrogens with two attached hydrogens (primary N) is 1. The topological polar surface area (TPSA) is 35.2 Å². The fraction of sp³-hybridized carbons (Fsp3) is 0.200. The molecule has 0 saturated carbocycles. The van der Waals surface area contributed by atoms with Crippen molar-refractivity contribution >= 4 is 5.69 Å². The van der Waals surface area contributed by atoms with Crippen LogP contribution in [0.4, 0.5) is 10.1 Å². The Morgan fingerprint density at radius 1 is 1.62 bits per heavy atom. The molecule has 0 aliphatic heterocycles. The Bertz CT molecular complexity index is 323. The smallest absolute Gasteiger partial charge is 0.149 e. The van der Waals surface area contributed by atoms with Gasteiger partial charge in [0.2, 0.25) is 0 Å². The molecule has 0 bridgehead atoms. The average molecular weight is 181 g/mol. The van der Waals surface area contributed by atoms with Crippen molar-refractivity contribution in [2.24, 2.45) is 0 Å². The molecule has 0 radical (unpaired) electrons. The lowest BCUT2D eigenvalue weighted by atomic mass is 10.3. The highest BCUT2D eigenvalue weighted by Crippen LogP contribution is 2.18. The summed E-state index contributed by atoms with van der Waals surface area (Å²) in [5.41, 5.74) is 6.31. The van der Waals surface area contributed by atoms with Gasteiger partial charge in [0.05, 0.1) is 5.69 Å². The van der Waals surface area contributed by atoms with Crippen LogP contribution in [0.3, 0.4) is 0 Å². The monoisotopic (exact) mass is 181 g/mol. The Morgan fingerprint density at radius 3 is 2.85 bits per heavy atom. The molecule has 1 aromatic carbocycles. The molecule has 0 saturated heterocycles. The second-order valence-corrected chi connectivity index (χ2v) is 2.93. The number of anilines is 1. The van der Waals surface area contributed by atoms with Gasteiger partial charge < -0.3 is 10.5 Å². The second-order valence-electron chi connectivity index (χ2n) is 2.93. The summed E-state index contributed by atoms with van der Waals surface area (Å²) < 4.78 is 18.1. The van der Waals surface area contributed by atoms with Crippen molar-refractivity contribution in [2.45, 2.75) is 6.92 Å². The highest BCUT2D eigenvalue weighted by molar-refractivity contribution is 5.43. The summed E-state index contributed by atoms with van der Waals surface area (Å²) >= 11 is 0. The first-order chi connectivity index (χ1) is 6.09. The number of hydrogen-bond donors (Lipinski definition) is 1. The van der Waals surface area contributed by atoms with E-state index in [1.807, 2.05) is 6.92 Å². The fourth-order valence-electron chi connectivity index (χ4n) is 0.804. The van der Waals surface area contributed by atoms with E-state index in [4.69, 9.17) is 10.5 Å². The third-order valence-electron chi connectivity index (χ3n) is 1.46. The van der Waals surface area contributed by atoms with E-state index in [0.29, 0.717) is 12.4 Å². The van der Waals surface area contributed by atoms with E-state index in [1.54, 1.807) is 6.07 Å². The van der Waals surface area contributed by atoms with E-state index in [-0.39, 0.29) is 5.69 Å². The molecule has 1 aromatic rings. The normalized spacial score (nSPS) is 9.69. The first kappa shape index (κ1) is 9.58. The number of ether oxygens (including phenoxy) is 1. The fourth-order valence-corrected chi connectivity index (χ4v) is 0.804. The summed E-state index contributed by atoms with van der Waals surface area (Å²) in [5.74, 6) is 0.00825. The van der Waals surface area contributed by atoms with Crippen LogP contribution in [0.25, 0.3) is 0 Å². The van der Waals surface area contributed by atoms with E-state index in [2.05, 4.69) is 6.58 Å². The van der Waals surface area contributed by atoms with Gasteiger partial charge in [0.1, 0.15) is 18.2 Å². The van der Waals surface area contributed by atoms with Gasteiger partial charge in [-0.15, -0.1) is 0 Å². The van der Waals surface area contributed by atoms with Crippen LogP contribution in [-0.4, -0.2) is 6.61 Å². The molecule has 0 unspecified atom stereocenters. The maximum absolute atomic E-state index is 12.9. The van der Waals surface area contributed by atoms with Gasteiger partial charge in [-0.25, -0.2) is 4.39 Å². The van der Waals surface area contributed by atoms with Gasteiger partial charge in [-0.05, 0) is 24.6 Å². The highest BCUT2D eigenvalue weighted by Gasteiger charge is 2.00. The summed E-state index contributed by atoms with van der Waals surface area (Å²) in [6.07, 6.45) is 0. The number of hydrogen-bond acceptors (Lipinski definition) is 2. The molecule has 0 aromatic heterocycles. The minimum atomic E-state index is -0.459. The highest BCUT2D eigenvalue weighted by atomic mass is 19.1. The largest absolute Gasteiger partial charge is 0.489 e. The van der Waals surface area contributed by atoms with Crippen molar-refractivity contribution in [1.29, 1.82) is 0 Å². The van der Waals surface area contributed by atoms with Crippen molar-refractivity contribution < 1.29 is 9.13 Å². The Morgan fingerprint density at radius 2 is 2.31 bits per heavy atom. The molecule has 0 atom stereocenters. The summed E-state index contributed by atoms with van der Waals surface area (Å²) in [6.45, 7) is 5.90. The third-order valence-corrected chi connectivity index (χ3v) is 1.46. The molecule has 3 heteroatoms. The molecule has 0 aliphatic rings. The van der Waals surface area contributed by atoms with Gasteiger partial charge in [-0.2, -0.15) is 0 Å². The molecule has 2 N–H and O–H groups in total. The molecule has 1 rings (SSSR count). The van der Waals surface area contributed by atoms with E-state index in [0.717, 1.165) is 5.57 Å². The van der Waals surface area contributed by atoms with Gasteiger partial charge in [0, 0.05) is 6.07 Å². The predicted molar refractivity (Wildman–Crippen MR) is 51.1 cm³/mol. The lowest BCUT2D eigenvalue weighted by Gasteiger charge is -2.05. The quantitative estimate of drug-likeness (QED) is 0.574. The van der Waals surface area contributed by atoms with Crippen molar-refractivity contribution in [1.82, 2.24) is 0 Å². The number of rotatable bonds is 3. The van der Waals surface area contributed by atoms with Crippen LogP contribution in [0.15, 0.2) is 30.4 Å². The van der Waals surface area contributed by atoms with Crippen LogP contribution in [0.2, 0.25) is 0 Å². The van der Waals surface area contributed by atoms with Gasteiger partial charge >= 0.3 is 0 Å². The Balaban J connectivity index is 2.68. The van der Waals surface area contributed by atoms with E-state index in [1.165, 1.54) is 12.1 Å². The molecule has 0 amide bonds. The van der Waals surface area contributed by atoms with E-state index >= 15 is 0 Å². The van der Waals surface area contributed by atoms with Crippen molar-refractivity contribution in [3.63, 3.8) is 0 Å². The van der Waals surface area contributed by atoms with Gasteiger partial charge in [0.25, 0.3) is 0 Å². The van der Waals surface area contributed by atoms with Crippen LogP contribution < -0.4 is 10.5 Å². The number of benzene rings is 1. The van der Waals surface area contributed by atoms with Crippen LogP contribution in [0, 0.1) is 5.82 Å². The van der Waals surface area contributed by atoms with Gasteiger partial charge in [0.15, 0.2) is 0 Å². The maximum atomic E-state index is 12.9. The summed E-state index contributed by atoms with van der Waals surface area (Å²) in [6, 6.07) is 4.36. The molecule has 0 spiro atoms. The maximum Gasteiger partial charge on any atom is 0.149 e. The lowest BCUT2D eigenvalue weighted by Crippen LogP contribution is -1.98. The van der Waals surface area contributed by atoms with Crippen LogP contribution in [0.1, 0.15) is 6.92 Å². The molecular formula is C10H12FNO. The second kappa shape index (κ2) is 3.94. The molecule has 2 nitrogen and oxygen atoms in total. The SMILES string of the molecule is C=C(C)COc1ccc(N)c(F)c1. The Labute approximate surface area is 76.8 Å². The zero-order valence-corrected chi connectivity index (χ0v) is 7.51. The molecule has 0 fully saturated rings. The minimum absolute atomic E-state index is 0.127. The van der Waals surface area contributed by atoms with Crippen molar-refractivity contribution in [3.8, 4) is 5.75 Å². The average Bonchev–Trinajstić information content (AvgIpc) is 2.07. The van der Waals surface area contributed by atoms with Crippen molar-refractivity contribution in [2.75, 3.05) is 12.3 Å². The first-order valence-corrected chi connectivity index (χ1v) is 3.92.